The van der Waals surface area contributed by atoms with E-state index in [1.165, 1.54) is 12.3 Å². The fourth-order valence-corrected chi connectivity index (χ4v) is 3.55. The van der Waals surface area contributed by atoms with Crippen molar-refractivity contribution in [1.29, 1.82) is 0 Å². The summed E-state index contributed by atoms with van der Waals surface area (Å²) in [5, 5.41) is 3.03. The molecule has 0 bridgehead atoms. The van der Waals surface area contributed by atoms with Crippen LogP contribution in [0.1, 0.15) is 18.3 Å². The topological polar surface area (TPSA) is 124 Å². The Morgan fingerprint density at radius 3 is 2.43 bits per heavy atom. The second-order valence-electron chi connectivity index (χ2n) is 6.13. The van der Waals surface area contributed by atoms with E-state index in [0.29, 0.717) is 28.3 Å². The van der Waals surface area contributed by atoms with Crippen molar-refractivity contribution in [2.24, 2.45) is 0 Å². The monoisotopic (exact) mass is 438 g/mol. The number of nitrogens with zero attached hydrogens (tertiary/aromatic N) is 4. The Labute approximate surface area is 170 Å². The lowest BCUT2D eigenvalue weighted by molar-refractivity contribution is -0.0436. The molecule has 0 aliphatic carbocycles. The number of aryl methyl sites for hydroxylation is 1. The summed E-state index contributed by atoms with van der Waals surface area (Å²) in [6.07, 6.45) is 4.85. The van der Waals surface area contributed by atoms with Crippen LogP contribution in [0.2, 0.25) is 0 Å². The van der Waals surface area contributed by atoms with E-state index >= 15 is 0 Å². The zero-order valence-electron chi connectivity index (χ0n) is 15.7. The molecule has 1 aromatic carbocycles. The molecule has 3 aromatic rings. The number of nitrogen functional groups attached to an aromatic ring is 1. The molecular weight excluding hydrogens is 421 g/mol. The number of hydrogen-bond donors (Lipinski definition) is 2. The molecule has 0 aliphatic rings. The molecule has 0 spiro atoms. The number of alkyl halides is 3. The first-order valence-corrected chi connectivity index (χ1v) is 10.2. The highest BCUT2D eigenvalue weighted by Crippen LogP contribution is 2.35. The number of aromatic nitrogens is 4. The molecule has 3 N–H and O–H groups in total. The molecule has 0 saturated carbocycles. The van der Waals surface area contributed by atoms with Crippen LogP contribution in [0.15, 0.2) is 47.8 Å². The number of benzene rings is 1. The smallest absolute Gasteiger partial charge is 0.368 e. The lowest BCUT2D eigenvalue weighted by Gasteiger charge is -2.15. The maximum atomic E-state index is 12.9. The van der Waals surface area contributed by atoms with Crippen molar-refractivity contribution in [1.82, 2.24) is 19.9 Å². The zero-order valence-corrected chi connectivity index (χ0v) is 16.5. The van der Waals surface area contributed by atoms with E-state index in [-0.39, 0.29) is 18.9 Å². The van der Waals surface area contributed by atoms with Crippen LogP contribution < -0.4 is 11.1 Å². The van der Waals surface area contributed by atoms with Crippen LogP contribution in [0.4, 0.5) is 24.9 Å². The predicted octanol–water partition coefficient (Wildman–Crippen LogP) is 2.98. The Bertz CT molecular complexity index is 1150. The number of anilines is 2. The number of rotatable bonds is 6. The molecular formula is C18H17F3N6O2S. The van der Waals surface area contributed by atoms with Gasteiger partial charge >= 0.3 is 5.51 Å². The van der Waals surface area contributed by atoms with Crippen LogP contribution in [-0.4, -0.2) is 33.9 Å². The average molecular weight is 438 g/mol. The molecule has 0 saturated heterocycles. The molecule has 0 fully saturated rings. The first-order valence-electron chi connectivity index (χ1n) is 8.70. The van der Waals surface area contributed by atoms with Gasteiger partial charge in [-0.05, 0) is 35.7 Å². The number of nitrogens with two attached hydrogens (primary N) is 1. The first kappa shape index (κ1) is 21.4. The van der Waals surface area contributed by atoms with Crippen LogP contribution in [0.3, 0.4) is 0 Å². The lowest BCUT2D eigenvalue weighted by Crippen LogP contribution is -2.23. The Hall–Kier alpha value is -3.28. The van der Waals surface area contributed by atoms with Crippen LogP contribution in [0.25, 0.3) is 11.1 Å². The van der Waals surface area contributed by atoms with Gasteiger partial charge in [-0.25, -0.2) is 23.4 Å². The quantitative estimate of drug-likeness (QED) is 0.602. The fraction of sp³-hybridized carbons (Fsp3) is 0.222. The fourth-order valence-electron chi connectivity index (χ4n) is 2.74. The Balaban J connectivity index is 2.03. The molecule has 12 heteroatoms. The highest BCUT2D eigenvalue weighted by atomic mass is 32.2. The molecule has 0 radical (unpaired) electrons. The number of nitrogens with one attached hydrogen (secondary N) is 1. The van der Waals surface area contributed by atoms with Crippen molar-refractivity contribution in [2.75, 3.05) is 11.1 Å². The molecule has 0 aliphatic heterocycles. The maximum Gasteiger partial charge on any atom is 0.501 e. The van der Waals surface area contributed by atoms with Gasteiger partial charge in [-0.15, -0.1) is 0 Å². The highest BCUT2D eigenvalue weighted by molar-refractivity contribution is 7.92. The third-order valence-electron chi connectivity index (χ3n) is 4.20. The van der Waals surface area contributed by atoms with E-state index in [4.69, 9.17) is 5.73 Å². The molecule has 2 aromatic heterocycles. The van der Waals surface area contributed by atoms with Gasteiger partial charge < -0.3 is 11.1 Å². The molecule has 8 nitrogen and oxygen atoms in total. The van der Waals surface area contributed by atoms with Gasteiger partial charge in [0, 0.05) is 24.2 Å². The van der Waals surface area contributed by atoms with Crippen LogP contribution in [-0.2, 0) is 22.8 Å². The highest BCUT2D eigenvalue weighted by Gasteiger charge is 2.47. The predicted molar refractivity (Wildman–Crippen MR) is 104 cm³/mol. The van der Waals surface area contributed by atoms with Crippen molar-refractivity contribution >= 4 is 21.6 Å². The summed E-state index contributed by atoms with van der Waals surface area (Å²) in [5.41, 5.74) is 1.61. The number of hydrogen-bond acceptors (Lipinski definition) is 8. The van der Waals surface area contributed by atoms with Gasteiger partial charge in [0.15, 0.2) is 0 Å². The molecule has 0 amide bonds. The first-order chi connectivity index (χ1) is 14.1. The summed E-state index contributed by atoms with van der Waals surface area (Å²) < 4.78 is 62.2. The van der Waals surface area contributed by atoms with Crippen molar-refractivity contribution in [3.8, 4) is 11.1 Å². The van der Waals surface area contributed by atoms with Crippen LogP contribution in [0, 0.1) is 0 Å². The second kappa shape index (κ2) is 8.22. The minimum absolute atomic E-state index is 0.00968. The van der Waals surface area contributed by atoms with E-state index in [9.17, 15) is 21.6 Å². The van der Waals surface area contributed by atoms with Gasteiger partial charge in [-0.1, -0.05) is 13.0 Å². The largest absolute Gasteiger partial charge is 0.501 e. The Morgan fingerprint density at radius 1 is 1.10 bits per heavy atom. The van der Waals surface area contributed by atoms with Gasteiger partial charge in [0.05, 0.1) is 11.4 Å². The number of sulfone groups is 1. The summed E-state index contributed by atoms with van der Waals surface area (Å²) in [5.74, 6) is 0.795. The molecule has 30 heavy (non-hydrogen) atoms. The van der Waals surface area contributed by atoms with Gasteiger partial charge in [0.1, 0.15) is 11.6 Å². The standard InChI is InChI=1S/C18H17F3N6O2S/c1-2-11-8-12(30(28,29)18(19,20)21)4-5-13(11)14-9-26-17(22)27-16(14)25-10-15-23-6-3-7-24-15/h3-9H,2,10H2,1H3,(H3,22,25,26,27). The minimum Gasteiger partial charge on any atom is -0.368 e. The van der Waals surface area contributed by atoms with Gasteiger partial charge in [0.25, 0.3) is 9.84 Å². The minimum atomic E-state index is -5.45. The van der Waals surface area contributed by atoms with E-state index in [2.05, 4.69) is 25.3 Å². The van der Waals surface area contributed by atoms with Crippen molar-refractivity contribution in [3.05, 3.63) is 54.2 Å². The van der Waals surface area contributed by atoms with E-state index in [1.54, 1.807) is 25.4 Å². The molecule has 0 unspecified atom stereocenters. The Morgan fingerprint density at radius 2 is 1.80 bits per heavy atom. The summed E-state index contributed by atoms with van der Waals surface area (Å²) in [7, 11) is -5.45. The van der Waals surface area contributed by atoms with Crippen molar-refractivity contribution in [3.63, 3.8) is 0 Å². The molecule has 2 heterocycles. The van der Waals surface area contributed by atoms with E-state index in [1.807, 2.05) is 0 Å². The van der Waals surface area contributed by atoms with Gasteiger partial charge in [-0.2, -0.15) is 18.2 Å². The number of halogens is 3. The molecule has 3 rings (SSSR count). The van der Waals surface area contributed by atoms with Crippen LogP contribution >= 0.6 is 0 Å². The lowest BCUT2D eigenvalue weighted by atomic mass is 9.99. The Kier molecular flexibility index (Phi) is 5.87. The summed E-state index contributed by atoms with van der Waals surface area (Å²) in [6.45, 7) is 1.91. The normalized spacial score (nSPS) is 12.0. The summed E-state index contributed by atoms with van der Waals surface area (Å²) >= 11 is 0. The molecule has 158 valence electrons. The van der Waals surface area contributed by atoms with Crippen molar-refractivity contribution < 1.29 is 21.6 Å². The zero-order chi connectivity index (χ0) is 21.9. The van der Waals surface area contributed by atoms with Gasteiger partial charge in [0.2, 0.25) is 5.95 Å². The van der Waals surface area contributed by atoms with E-state index in [0.717, 1.165) is 12.1 Å². The third kappa shape index (κ3) is 4.32. The van der Waals surface area contributed by atoms with E-state index < -0.39 is 20.2 Å². The second-order valence-corrected chi connectivity index (χ2v) is 8.07. The third-order valence-corrected chi connectivity index (χ3v) is 5.69. The van der Waals surface area contributed by atoms with Gasteiger partial charge in [-0.3, -0.25) is 0 Å². The van der Waals surface area contributed by atoms with Crippen molar-refractivity contribution in [2.45, 2.75) is 30.3 Å². The maximum absolute atomic E-state index is 12.9. The molecule has 0 atom stereocenters. The summed E-state index contributed by atoms with van der Waals surface area (Å²) in [6, 6.07) is 4.90. The SMILES string of the molecule is CCc1cc(S(=O)(=O)C(F)(F)F)ccc1-c1cnc(N)nc1NCc1ncccn1. The van der Waals surface area contributed by atoms with Crippen LogP contribution in [0.5, 0.6) is 0 Å². The average Bonchev–Trinajstić information content (AvgIpc) is 2.72. The summed E-state index contributed by atoms with van der Waals surface area (Å²) in [4.78, 5) is 15.5.